The third kappa shape index (κ3) is 7.20. The van der Waals surface area contributed by atoms with Gasteiger partial charge in [0, 0.05) is 48.9 Å². The summed E-state index contributed by atoms with van der Waals surface area (Å²) in [7, 11) is 1.81. The van der Waals surface area contributed by atoms with Crippen LogP contribution >= 0.6 is 35.3 Å². The van der Waals surface area contributed by atoms with Gasteiger partial charge in [0.2, 0.25) is 0 Å². The zero-order chi connectivity index (χ0) is 22.8. The van der Waals surface area contributed by atoms with Gasteiger partial charge in [-0.2, -0.15) is 0 Å². The molecule has 2 aliphatic heterocycles. The fourth-order valence-corrected chi connectivity index (χ4v) is 5.38. The molecule has 3 rings (SSSR count). The summed E-state index contributed by atoms with van der Waals surface area (Å²) in [6.45, 7) is 13.1. The maximum absolute atomic E-state index is 12.6. The number of rotatable bonds is 4. The second kappa shape index (κ2) is 10.9. The molecule has 2 N–H and O–H groups in total. The van der Waals surface area contributed by atoms with Crippen molar-refractivity contribution in [2.45, 2.75) is 103 Å². The number of guanidine groups is 1. The van der Waals surface area contributed by atoms with E-state index in [1.165, 1.54) is 0 Å². The van der Waals surface area contributed by atoms with Gasteiger partial charge in [-0.15, -0.1) is 35.3 Å². The van der Waals surface area contributed by atoms with Crippen LogP contribution in [0.2, 0.25) is 0 Å². The van der Waals surface area contributed by atoms with Crippen molar-refractivity contribution >= 4 is 47.4 Å². The Morgan fingerprint density at radius 2 is 1.84 bits per heavy atom. The highest BCUT2D eigenvalue weighted by Gasteiger charge is 2.45. The van der Waals surface area contributed by atoms with Gasteiger partial charge < -0.3 is 20.3 Å². The molecule has 7 nitrogen and oxygen atoms in total. The highest BCUT2D eigenvalue weighted by Crippen LogP contribution is 2.36. The summed E-state index contributed by atoms with van der Waals surface area (Å²) in [5.41, 5.74) is 0.790. The molecular formula is C23H40IN5O2S. The van der Waals surface area contributed by atoms with Crippen LogP contribution in [-0.4, -0.2) is 59.3 Å². The minimum Gasteiger partial charge on any atom is -0.444 e. The number of fused-ring (bicyclic) bond motifs is 2. The zero-order valence-corrected chi connectivity index (χ0v) is 23.7. The maximum Gasteiger partial charge on any atom is 0.410 e. The normalized spacial score (nSPS) is 23.5. The molecule has 2 saturated heterocycles. The molecule has 9 heteroatoms. The molecule has 1 amide bonds. The van der Waals surface area contributed by atoms with Crippen molar-refractivity contribution in [1.29, 1.82) is 0 Å². The number of ether oxygens (including phenoxy) is 1. The lowest BCUT2D eigenvalue weighted by molar-refractivity contribution is 0.00545. The van der Waals surface area contributed by atoms with Gasteiger partial charge in [0.05, 0.1) is 10.7 Å². The molecule has 2 aliphatic rings. The topological polar surface area (TPSA) is 78.9 Å². The van der Waals surface area contributed by atoms with Crippen LogP contribution in [0.25, 0.3) is 0 Å². The number of hydrogen-bond donors (Lipinski definition) is 2. The lowest BCUT2D eigenvalue weighted by Gasteiger charge is -2.40. The van der Waals surface area contributed by atoms with Crippen molar-refractivity contribution in [1.82, 2.24) is 20.5 Å². The van der Waals surface area contributed by atoms with E-state index in [1.54, 1.807) is 18.4 Å². The number of carbonyl (C=O) groups is 1. The summed E-state index contributed by atoms with van der Waals surface area (Å²) in [6.07, 6.45) is 4.67. The molecule has 0 spiro atoms. The summed E-state index contributed by atoms with van der Waals surface area (Å²) in [5.74, 6) is 0.822. The number of hydrogen-bond acceptors (Lipinski definition) is 5. The third-order valence-electron chi connectivity index (χ3n) is 5.85. The van der Waals surface area contributed by atoms with Crippen LogP contribution in [0.4, 0.5) is 4.79 Å². The molecule has 0 aliphatic carbocycles. The van der Waals surface area contributed by atoms with E-state index in [4.69, 9.17) is 9.72 Å². The summed E-state index contributed by atoms with van der Waals surface area (Å²) < 4.78 is 5.64. The first-order chi connectivity index (χ1) is 14.5. The Bertz CT molecular complexity index is 785. The zero-order valence-electron chi connectivity index (χ0n) is 20.5. The SMILES string of the molecule is CN=C(NCCc1nc(C(C)(C)C)cs1)NC1CC2CCC(C1)N2C(=O)OC(C)(C)C.I. The summed E-state index contributed by atoms with van der Waals surface area (Å²) in [5, 5.41) is 10.3. The predicted octanol–water partition coefficient (Wildman–Crippen LogP) is 4.70. The van der Waals surface area contributed by atoms with Gasteiger partial charge in [0.25, 0.3) is 0 Å². The largest absolute Gasteiger partial charge is 0.444 e. The van der Waals surface area contributed by atoms with Crippen LogP contribution in [0, 0.1) is 0 Å². The quantitative estimate of drug-likeness (QED) is 0.308. The van der Waals surface area contributed by atoms with Crippen molar-refractivity contribution in [3.8, 4) is 0 Å². The average Bonchev–Trinajstić information content (AvgIpc) is 3.22. The number of thiazole rings is 1. The third-order valence-corrected chi connectivity index (χ3v) is 6.76. The van der Waals surface area contributed by atoms with Gasteiger partial charge >= 0.3 is 6.09 Å². The minimum absolute atomic E-state index is 0. The van der Waals surface area contributed by atoms with E-state index in [-0.39, 0.29) is 47.6 Å². The number of aromatic nitrogens is 1. The Labute approximate surface area is 214 Å². The van der Waals surface area contributed by atoms with Crippen LogP contribution < -0.4 is 10.6 Å². The van der Waals surface area contributed by atoms with Gasteiger partial charge in [-0.25, -0.2) is 9.78 Å². The van der Waals surface area contributed by atoms with E-state index < -0.39 is 5.60 Å². The summed E-state index contributed by atoms with van der Waals surface area (Å²) in [6, 6.07) is 0.806. The van der Waals surface area contributed by atoms with Crippen molar-refractivity contribution in [3.63, 3.8) is 0 Å². The smallest absolute Gasteiger partial charge is 0.410 e. The molecule has 32 heavy (non-hydrogen) atoms. The number of nitrogens with zero attached hydrogens (tertiary/aromatic N) is 3. The van der Waals surface area contributed by atoms with Crippen LogP contribution in [0.3, 0.4) is 0 Å². The molecule has 0 aromatic carbocycles. The predicted molar refractivity (Wildman–Crippen MR) is 142 cm³/mol. The fraction of sp³-hybridized carbons (Fsp3) is 0.783. The second-order valence-corrected chi connectivity index (χ2v) is 11.7. The number of amides is 1. The van der Waals surface area contributed by atoms with Gasteiger partial charge in [0.15, 0.2) is 5.96 Å². The Hall–Kier alpha value is -1.10. The standard InChI is InChI=1S/C23H39N5O2S.HI/c1-22(2,3)18-14-31-19(27-18)10-11-25-20(24-7)26-15-12-16-8-9-17(13-15)28(16)21(29)30-23(4,5)6;/h14-17H,8-13H2,1-7H3,(H2,24,25,26);1H. The van der Waals surface area contributed by atoms with Gasteiger partial charge in [0.1, 0.15) is 5.60 Å². The number of aliphatic imine (C=N–C) groups is 1. The van der Waals surface area contributed by atoms with Crippen LogP contribution in [-0.2, 0) is 16.6 Å². The van der Waals surface area contributed by atoms with E-state index in [0.717, 1.165) is 55.3 Å². The van der Waals surface area contributed by atoms with Crippen molar-refractivity contribution in [2.24, 2.45) is 4.99 Å². The van der Waals surface area contributed by atoms with Crippen LogP contribution in [0.5, 0.6) is 0 Å². The van der Waals surface area contributed by atoms with Gasteiger partial charge in [-0.3, -0.25) is 4.99 Å². The van der Waals surface area contributed by atoms with Gasteiger partial charge in [-0.1, -0.05) is 20.8 Å². The van der Waals surface area contributed by atoms with Crippen LogP contribution in [0.15, 0.2) is 10.4 Å². The Balaban J connectivity index is 0.00000363. The Morgan fingerprint density at radius 1 is 1.22 bits per heavy atom. The number of piperidine rings is 1. The molecule has 3 heterocycles. The Morgan fingerprint density at radius 3 is 2.34 bits per heavy atom. The first-order valence-electron chi connectivity index (χ1n) is 11.4. The average molecular weight is 578 g/mol. The summed E-state index contributed by atoms with van der Waals surface area (Å²) >= 11 is 1.73. The number of carbonyl (C=O) groups excluding carboxylic acids is 1. The van der Waals surface area contributed by atoms with Crippen molar-refractivity contribution in [3.05, 3.63) is 16.1 Å². The number of nitrogens with one attached hydrogen (secondary N) is 2. The molecule has 2 bridgehead atoms. The fourth-order valence-electron chi connectivity index (χ4n) is 4.35. The van der Waals surface area contributed by atoms with Gasteiger partial charge in [-0.05, 0) is 46.5 Å². The highest BCUT2D eigenvalue weighted by atomic mass is 127. The molecule has 0 radical (unpaired) electrons. The summed E-state index contributed by atoms with van der Waals surface area (Å²) in [4.78, 5) is 23.8. The van der Waals surface area contributed by atoms with E-state index in [2.05, 4.69) is 41.8 Å². The lowest BCUT2D eigenvalue weighted by Crippen LogP contribution is -2.55. The number of halogens is 1. The van der Waals surface area contributed by atoms with Crippen molar-refractivity contribution < 1.29 is 9.53 Å². The highest BCUT2D eigenvalue weighted by molar-refractivity contribution is 14.0. The first kappa shape index (κ1) is 27.1. The minimum atomic E-state index is -0.456. The molecule has 182 valence electrons. The lowest BCUT2D eigenvalue weighted by atomic mass is 9.93. The van der Waals surface area contributed by atoms with E-state index in [9.17, 15) is 4.79 Å². The van der Waals surface area contributed by atoms with E-state index in [1.807, 2.05) is 25.7 Å². The van der Waals surface area contributed by atoms with E-state index >= 15 is 0 Å². The molecule has 2 atom stereocenters. The molecule has 2 fully saturated rings. The van der Waals surface area contributed by atoms with E-state index in [0.29, 0.717) is 6.04 Å². The molecule has 2 unspecified atom stereocenters. The second-order valence-electron chi connectivity index (χ2n) is 10.7. The molecule has 1 aromatic heterocycles. The monoisotopic (exact) mass is 577 g/mol. The molecular weight excluding hydrogens is 537 g/mol. The van der Waals surface area contributed by atoms with Crippen molar-refractivity contribution in [2.75, 3.05) is 13.6 Å². The first-order valence-corrected chi connectivity index (χ1v) is 12.3. The maximum atomic E-state index is 12.6. The van der Waals surface area contributed by atoms with Crippen LogP contribution in [0.1, 0.15) is 77.9 Å². The molecule has 1 aromatic rings. The Kier molecular flexibility index (Phi) is 9.23. The molecule has 0 saturated carbocycles.